The number of nitrogen functional groups attached to an aromatic ring is 1. The predicted molar refractivity (Wildman–Crippen MR) is 162 cm³/mol. The first-order chi connectivity index (χ1) is 20.4. The Kier molecular flexibility index (Phi) is 9.77. The van der Waals surface area contributed by atoms with Crippen molar-refractivity contribution >= 4 is 35.1 Å². The van der Waals surface area contributed by atoms with Crippen LogP contribution in [-0.4, -0.2) is 89.0 Å². The van der Waals surface area contributed by atoms with Crippen LogP contribution in [0.1, 0.15) is 67.1 Å². The largest absolute Gasteiger partial charge is 0.382 e. The molecule has 0 unspecified atom stereocenters. The van der Waals surface area contributed by atoms with Crippen LogP contribution in [-0.2, 0) is 11.3 Å². The van der Waals surface area contributed by atoms with Gasteiger partial charge in [0, 0.05) is 44.8 Å². The minimum atomic E-state index is -0.614. The van der Waals surface area contributed by atoms with Gasteiger partial charge >= 0.3 is 0 Å². The van der Waals surface area contributed by atoms with Crippen LogP contribution < -0.4 is 21.3 Å². The number of nitriles is 1. The van der Waals surface area contributed by atoms with Gasteiger partial charge in [-0.05, 0) is 62.9 Å². The second-order valence-corrected chi connectivity index (χ2v) is 11.8. The molecule has 11 nitrogen and oxygen atoms in total. The average Bonchev–Trinajstić information content (AvgIpc) is 3.00. The Morgan fingerprint density at radius 1 is 1.17 bits per heavy atom. The van der Waals surface area contributed by atoms with E-state index in [1.165, 1.54) is 5.56 Å². The van der Waals surface area contributed by atoms with E-state index in [1.54, 1.807) is 0 Å². The number of hydrogen-bond acceptors (Lipinski definition) is 9. The second kappa shape index (κ2) is 13.7. The number of carbonyl (C=O) groups is 2. The number of benzene rings is 1. The minimum absolute atomic E-state index is 0.00669. The van der Waals surface area contributed by atoms with Gasteiger partial charge in [0.2, 0.25) is 5.91 Å². The monoisotopic (exact) mass is 593 g/mol. The molecule has 5 rings (SSSR count). The van der Waals surface area contributed by atoms with Gasteiger partial charge in [-0.1, -0.05) is 37.1 Å². The van der Waals surface area contributed by atoms with E-state index in [4.69, 9.17) is 22.6 Å². The zero-order valence-electron chi connectivity index (χ0n) is 24.2. The molecule has 2 atom stereocenters. The molecular weight excluding hydrogens is 554 g/mol. The Labute approximate surface area is 252 Å². The summed E-state index contributed by atoms with van der Waals surface area (Å²) in [5.41, 5.74) is 8.09. The molecule has 42 heavy (non-hydrogen) atoms. The quantitative estimate of drug-likeness (QED) is 0.420. The fourth-order valence-electron chi connectivity index (χ4n) is 6.41. The van der Waals surface area contributed by atoms with Crippen molar-refractivity contribution in [2.45, 2.75) is 70.1 Å². The maximum atomic E-state index is 12.9. The SMILES string of the molecule is CCC[C@H]1CN(c2nc(N)c(C(=O)N[C@@H]3CCCNC3=O)nc2Cl)CCN1C1CCN(Cc2ccc(C#N)cc2)CC1. The van der Waals surface area contributed by atoms with Gasteiger partial charge in [0.15, 0.2) is 22.5 Å². The molecule has 3 fully saturated rings. The molecule has 0 spiro atoms. The third kappa shape index (κ3) is 6.94. The van der Waals surface area contributed by atoms with Crippen LogP contribution in [0.2, 0.25) is 5.15 Å². The van der Waals surface area contributed by atoms with Crippen molar-refractivity contribution in [1.82, 2.24) is 30.4 Å². The number of nitrogens with two attached hydrogens (primary N) is 1. The van der Waals surface area contributed by atoms with Gasteiger partial charge in [-0.25, -0.2) is 9.97 Å². The van der Waals surface area contributed by atoms with Crippen molar-refractivity contribution in [2.24, 2.45) is 0 Å². The molecule has 1 aromatic carbocycles. The molecule has 224 valence electrons. The number of nitrogens with one attached hydrogen (secondary N) is 2. The summed E-state index contributed by atoms with van der Waals surface area (Å²) in [5.74, 6) is -0.248. The van der Waals surface area contributed by atoms with Crippen molar-refractivity contribution in [3.8, 4) is 6.07 Å². The first-order valence-electron chi connectivity index (χ1n) is 15.0. The summed E-state index contributed by atoms with van der Waals surface area (Å²) in [4.78, 5) is 41.1. The standard InChI is InChI=1S/C30H40ClN9O2/c1-2-4-23-19-39(28-26(31)36-25(27(33)37-28)30(42)35-24-5-3-12-34-29(24)41)15-16-40(23)22-10-13-38(14-11-22)18-21-8-6-20(17-32)7-9-21/h6-9,22-24H,2-5,10-16,18-19H2,1H3,(H2,33,37)(H,34,41)(H,35,42)/t23-,24+/m0/s1. The lowest BCUT2D eigenvalue weighted by Gasteiger charge is -2.48. The summed E-state index contributed by atoms with van der Waals surface area (Å²) in [5, 5.41) is 14.7. The van der Waals surface area contributed by atoms with Crippen LogP contribution in [0, 0.1) is 11.3 Å². The Bertz CT molecular complexity index is 1310. The molecular formula is C30H40ClN9O2. The first kappa shape index (κ1) is 30.0. The van der Waals surface area contributed by atoms with Gasteiger partial charge in [0.25, 0.3) is 5.91 Å². The van der Waals surface area contributed by atoms with Gasteiger partial charge in [-0.15, -0.1) is 0 Å². The minimum Gasteiger partial charge on any atom is -0.382 e. The number of hydrogen-bond donors (Lipinski definition) is 3. The molecule has 4 heterocycles. The van der Waals surface area contributed by atoms with Gasteiger partial charge < -0.3 is 21.3 Å². The smallest absolute Gasteiger partial charge is 0.274 e. The molecule has 2 amide bonds. The number of nitrogens with zero attached hydrogens (tertiary/aromatic N) is 6. The molecule has 3 saturated heterocycles. The lowest BCUT2D eigenvalue weighted by molar-refractivity contribution is -0.124. The zero-order chi connectivity index (χ0) is 29.6. The molecule has 3 aliphatic rings. The highest BCUT2D eigenvalue weighted by Crippen LogP contribution is 2.30. The van der Waals surface area contributed by atoms with Gasteiger partial charge in [-0.2, -0.15) is 5.26 Å². The molecule has 1 aromatic heterocycles. The molecule has 0 bridgehead atoms. The van der Waals surface area contributed by atoms with E-state index >= 15 is 0 Å². The summed E-state index contributed by atoms with van der Waals surface area (Å²) in [6.07, 6.45) is 5.73. The number of anilines is 2. The molecule has 0 aliphatic carbocycles. The highest BCUT2D eigenvalue weighted by Gasteiger charge is 2.35. The predicted octanol–water partition coefficient (Wildman–Crippen LogP) is 2.55. The van der Waals surface area contributed by atoms with Crippen LogP contribution in [0.5, 0.6) is 0 Å². The van der Waals surface area contributed by atoms with Gasteiger partial charge in [0.05, 0.1) is 11.6 Å². The fourth-order valence-corrected chi connectivity index (χ4v) is 6.65. The van der Waals surface area contributed by atoms with E-state index in [1.807, 2.05) is 12.1 Å². The number of aromatic nitrogens is 2. The summed E-state index contributed by atoms with van der Waals surface area (Å²) >= 11 is 6.59. The Morgan fingerprint density at radius 2 is 1.93 bits per heavy atom. The molecule has 0 saturated carbocycles. The van der Waals surface area contributed by atoms with E-state index in [2.05, 4.69) is 60.4 Å². The maximum Gasteiger partial charge on any atom is 0.274 e. The lowest BCUT2D eigenvalue weighted by atomic mass is 9.97. The van der Waals surface area contributed by atoms with E-state index in [0.29, 0.717) is 36.4 Å². The van der Waals surface area contributed by atoms with Crippen LogP contribution in [0.4, 0.5) is 11.6 Å². The van der Waals surface area contributed by atoms with Crippen LogP contribution in [0.3, 0.4) is 0 Å². The Balaban J connectivity index is 1.19. The Morgan fingerprint density at radius 3 is 2.62 bits per heavy atom. The van der Waals surface area contributed by atoms with Gasteiger partial charge in [0.1, 0.15) is 6.04 Å². The van der Waals surface area contributed by atoms with Crippen LogP contribution in [0.25, 0.3) is 0 Å². The number of piperidine rings is 2. The van der Waals surface area contributed by atoms with Gasteiger partial charge in [-0.3, -0.25) is 19.4 Å². The number of likely N-dealkylation sites (tertiary alicyclic amines) is 1. The van der Waals surface area contributed by atoms with Crippen molar-refractivity contribution in [1.29, 1.82) is 5.26 Å². The third-order valence-corrected chi connectivity index (χ3v) is 8.89. The highest BCUT2D eigenvalue weighted by atomic mass is 35.5. The summed E-state index contributed by atoms with van der Waals surface area (Å²) in [6.45, 7) is 8.22. The van der Waals surface area contributed by atoms with E-state index < -0.39 is 11.9 Å². The Hall–Kier alpha value is -3.46. The first-order valence-corrected chi connectivity index (χ1v) is 15.4. The number of piperazine rings is 1. The fraction of sp³-hybridized carbons (Fsp3) is 0.567. The van der Waals surface area contributed by atoms with E-state index in [9.17, 15) is 9.59 Å². The second-order valence-electron chi connectivity index (χ2n) is 11.5. The highest BCUT2D eigenvalue weighted by molar-refractivity contribution is 6.32. The lowest BCUT2D eigenvalue weighted by Crippen LogP contribution is -2.58. The summed E-state index contributed by atoms with van der Waals surface area (Å²) < 4.78 is 0. The number of halogens is 1. The van der Waals surface area contributed by atoms with Crippen molar-refractivity contribution in [2.75, 3.05) is 49.9 Å². The average molecular weight is 594 g/mol. The normalized spacial score (nSPS) is 22.4. The number of carbonyl (C=O) groups excluding carboxylic acids is 2. The summed E-state index contributed by atoms with van der Waals surface area (Å²) in [6, 6.07) is 10.3. The topological polar surface area (TPSA) is 144 Å². The van der Waals surface area contributed by atoms with Crippen molar-refractivity contribution in [3.63, 3.8) is 0 Å². The molecule has 2 aromatic rings. The van der Waals surface area contributed by atoms with Crippen molar-refractivity contribution < 1.29 is 9.59 Å². The maximum absolute atomic E-state index is 12.9. The molecule has 3 aliphatic heterocycles. The molecule has 12 heteroatoms. The summed E-state index contributed by atoms with van der Waals surface area (Å²) in [7, 11) is 0. The molecule has 4 N–H and O–H groups in total. The zero-order valence-corrected chi connectivity index (χ0v) is 24.9. The van der Waals surface area contributed by atoms with E-state index in [-0.39, 0.29) is 22.6 Å². The number of rotatable bonds is 8. The third-order valence-electron chi connectivity index (χ3n) is 8.63. The van der Waals surface area contributed by atoms with Crippen LogP contribution in [0.15, 0.2) is 24.3 Å². The van der Waals surface area contributed by atoms with Crippen LogP contribution >= 0.6 is 11.6 Å². The molecule has 0 radical (unpaired) electrons. The van der Waals surface area contributed by atoms with E-state index in [0.717, 1.165) is 71.4 Å². The van der Waals surface area contributed by atoms with Crippen molar-refractivity contribution in [3.05, 3.63) is 46.2 Å². The number of amides is 2.